The van der Waals surface area contributed by atoms with Gasteiger partial charge < -0.3 is 0 Å². The van der Waals surface area contributed by atoms with Crippen molar-refractivity contribution in [3.63, 3.8) is 0 Å². The summed E-state index contributed by atoms with van der Waals surface area (Å²) in [6.45, 7) is 1.52. The number of sulfonamides is 1. The monoisotopic (exact) mass is 324 g/mol. The van der Waals surface area contributed by atoms with Crippen molar-refractivity contribution in [2.45, 2.75) is 11.8 Å². The third-order valence-electron chi connectivity index (χ3n) is 3.21. The molecule has 0 aromatic heterocycles. The highest BCUT2D eigenvalue weighted by Crippen LogP contribution is 2.28. The van der Waals surface area contributed by atoms with Crippen LogP contribution in [0.3, 0.4) is 0 Å². The van der Waals surface area contributed by atoms with Crippen molar-refractivity contribution in [1.82, 2.24) is 0 Å². The van der Waals surface area contributed by atoms with Crippen molar-refractivity contribution < 1.29 is 17.7 Å². The van der Waals surface area contributed by atoms with Crippen molar-refractivity contribution in [2.24, 2.45) is 0 Å². The summed E-state index contributed by atoms with van der Waals surface area (Å²) in [5.41, 5.74) is -0.131. The molecule has 0 saturated heterocycles. The SMILES string of the molecule is Cc1ccc([N+](=O)[O-])cc1S(=O)(=O)N(C)c1ccccc1F. The van der Waals surface area contributed by atoms with Crippen LogP contribution in [0.25, 0.3) is 0 Å². The van der Waals surface area contributed by atoms with E-state index in [1.165, 1.54) is 44.3 Å². The maximum absolute atomic E-state index is 13.8. The molecule has 0 aliphatic rings. The summed E-state index contributed by atoms with van der Waals surface area (Å²) in [5.74, 6) is -0.698. The van der Waals surface area contributed by atoms with Crippen LogP contribution in [0.15, 0.2) is 47.4 Å². The van der Waals surface area contributed by atoms with E-state index in [9.17, 15) is 22.9 Å². The molecule has 0 heterocycles. The minimum atomic E-state index is -4.11. The van der Waals surface area contributed by atoms with Gasteiger partial charge in [-0.2, -0.15) is 0 Å². The van der Waals surface area contributed by atoms with E-state index >= 15 is 0 Å². The number of nitro groups is 1. The van der Waals surface area contributed by atoms with Crippen LogP contribution in [0.1, 0.15) is 5.56 Å². The second-order valence-electron chi connectivity index (χ2n) is 4.63. The van der Waals surface area contributed by atoms with E-state index in [0.29, 0.717) is 5.56 Å². The molecule has 0 amide bonds. The van der Waals surface area contributed by atoms with Gasteiger partial charge in [0.05, 0.1) is 15.5 Å². The molecule has 2 aromatic carbocycles. The zero-order chi connectivity index (χ0) is 16.5. The zero-order valence-corrected chi connectivity index (χ0v) is 12.7. The van der Waals surface area contributed by atoms with E-state index in [4.69, 9.17) is 0 Å². The molecule has 0 fully saturated rings. The second kappa shape index (κ2) is 5.72. The second-order valence-corrected chi connectivity index (χ2v) is 6.57. The molecule has 0 radical (unpaired) electrons. The smallest absolute Gasteiger partial charge is 0.266 e. The number of para-hydroxylation sites is 1. The maximum Gasteiger partial charge on any atom is 0.270 e. The summed E-state index contributed by atoms with van der Waals surface area (Å²) < 4.78 is 39.8. The number of rotatable bonds is 4. The molecule has 6 nitrogen and oxygen atoms in total. The van der Waals surface area contributed by atoms with Crippen molar-refractivity contribution in [1.29, 1.82) is 0 Å². The first-order valence-corrected chi connectivity index (χ1v) is 7.67. The first-order chi connectivity index (χ1) is 10.2. The van der Waals surface area contributed by atoms with Crippen LogP contribution in [0.2, 0.25) is 0 Å². The number of nitrogens with zero attached hydrogens (tertiary/aromatic N) is 2. The molecule has 0 N–H and O–H groups in total. The highest BCUT2D eigenvalue weighted by molar-refractivity contribution is 7.92. The molecule has 0 saturated carbocycles. The lowest BCUT2D eigenvalue weighted by molar-refractivity contribution is -0.385. The lowest BCUT2D eigenvalue weighted by atomic mass is 10.2. The predicted molar refractivity (Wildman–Crippen MR) is 79.8 cm³/mol. The zero-order valence-electron chi connectivity index (χ0n) is 11.9. The number of nitro benzene ring substituents is 1. The normalized spacial score (nSPS) is 11.2. The quantitative estimate of drug-likeness (QED) is 0.640. The third kappa shape index (κ3) is 2.77. The molecule has 116 valence electrons. The van der Waals surface area contributed by atoms with Crippen molar-refractivity contribution in [2.75, 3.05) is 11.4 Å². The minimum Gasteiger partial charge on any atom is -0.266 e. The lowest BCUT2D eigenvalue weighted by Gasteiger charge is -2.20. The van der Waals surface area contributed by atoms with E-state index in [1.807, 2.05) is 0 Å². The first kappa shape index (κ1) is 15.9. The molecule has 2 aromatic rings. The molecule has 2 rings (SSSR count). The minimum absolute atomic E-state index is 0.131. The number of benzene rings is 2. The van der Waals surface area contributed by atoms with Gasteiger partial charge in [-0.3, -0.25) is 14.4 Å². The lowest BCUT2D eigenvalue weighted by Crippen LogP contribution is -2.28. The van der Waals surface area contributed by atoms with Gasteiger partial charge >= 0.3 is 0 Å². The Morgan fingerprint density at radius 1 is 1.18 bits per heavy atom. The maximum atomic E-state index is 13.8. The summed E-state index contributed by atoms with van der Waals surface area (Å²) >= 11 is 0. The number of non-ortho nitro benzene ring substituents is 1. The highest BCUT2D eigenvalue weighted by Gasteiger charge is 2.27. The van der Waals surface area contributed by atoms with Crippen LogP contribution in [0, 0.1) is 22.9 Å². The van der Waals surface area contributed by atoms with Crippen molar-refractivity contribution in [3.05, 3.63) is 64.0 Å². The molecular weight excluding hydrogens is 311 g/mol. The Kier molecular flexibility index (Phi) is 4.14. The molecule has 0 aliphatic heterocycles. The average molecular weight is 324 g/mol. The molecule has 0 bridgehead atoms. The fraction of sp³-hybridized carbons (Fsp3) is 0.143. The summed E-state index contributed by atoms with van der Waals surface area (Å²) in [5, 5.41) is 10.8. The predicted octanol–water partition coefficient (Wildman–Crippen LogP) is 2.87. The number of hydrogen-bond acceptors (Lipinski definition) is 4. The summed E-state index contributed by atoms with van der Waals surface area (Å²) in [4.78, 5) is 9.91. The Balaban J connectivity index is 2.58. The molecule has 0 atom stereocenters. The fourth-order valence-corrected chi connectivity index (χ4v) is 3.41. The fourth-order valence-electron chi connectivity index (χ4n) is 1.96. The first-order valence-electron chi connectivity index (χ1n) is 6.23. The van der Waals surface area contributed by atoms with E-state index in [1.54, 1.807) is 0 Å². The summed E-state index contributed by atoms with van der Waals surface area (Å²) in [7, 11) is -2.91. The molecule has 0 spiro atoms. The molecular formula is C14H13FN2O4S. The summed E-state index contributed by atoms with van der Waals surface area (Å²) in [6.07, 6.45) is 0. The molecule has 0 aliphatic carbocycles. The van der Waals surface area contributed by atoms with Crippen LogP contribution in [0.5, 0.6) is 0 Å². The van der Waals surface area contributed by atoms with Crippen LogP contribution in [0.4, 0.5) is 15.8 Å². The third-order valence-corrected chi connectivity index (χ3v) is 5.13. The number of halogens is 1. The highest BCUT2D eigenvalue weighted by atomic mass is 32.2. The van der Waals surface area contributed by atoms with Gasteiger partial charge in [0.25, 0.3) is 15.7 Å². The van der Waals surface area contributed by atoms with E-state index in [-0.39, 0.29) is 16.3 Å². The topological polar surface area (TPSA) is 80.5 Å². The number of anilines is 1. The number of hydrogen-bond donors (Lipinski definition) is 0. The van der Waals surface area contributed by atoms with E-state index in [0.717, 1.165) is 16.4 Å². The van der Waals surface area contributed by atoms with E-state index in [2.05, 4.69) is 0 Å². The van der Waals surface area contributed by atoms with Gasteiger partial charge in [-0.25, -0.2) is 12.8 Å². The molecule has 0 unspecified atom stereocenters. The van der Waals surface area contributed by atoms with Crippen molar-refractivity contribution >= 4 is 21.4 Å². The van der Waals surface area contributed by atoms with Gasteiger partial charge in [0, 0.05) is 19.2 Å². The van der Waals surface area contributed by atoms with E-state index < -0.39 is 20.8 Å². The van der Waals surface area contributed by atoms with Gasteiger partial charge in [-0.15, -0.1) is 0 Å². The largest absolute Gasteiger partial charge is 0.270 e. The Morgan fingerprint density at radius 2 is 1.82 bits per heavy atom. The molecule has 8 heteroatoms. The van der Waals surface area contributed by atoms with Crippen LogP contribution in [-0.2, 0) is 10.0 Å². The Labute approximate surface area is 127 Å². The van der Waals surface area contributed by atoms with Crippen LogP contribution in [-0.4, -0.2) is 20.4 Å². The van der Waals surface area contributed by atoms with Crippen LogP contribution >= 0.6 is 0 Å². The Morgan fingerprint density at radius 3 is 2.41 bits per heavy atom. The average Bonchev–Trinajstić information content (AvgIpc) is 2.47. The Bertz CT molecular complexity index is 836. The summed E-state index contributed by atoms with van der Waals surface area (Å²) in [6, 6.07) is 8.95. The van der Waals surface area contributed by atoms with Gasteiger partial charge in [-0.05, 0) is 24.6 Å². The van der Waals surface area contributed by atoms with Gasteiger partial charge in [0.1, 0.15) is 5.82 Å². The number of aryl methyl sites for hydroxylation is 1. The van der Waals surface area contributed by atoms with Crippen LogP contribution < -0.4 is 4.31 Å². The standard InChI is InChI=1S/C14H13FN2O4S/c1-10-7-8-11(17(18)19)9-14(10)22(20,21)16(2)13-6-4-3-5-12(13)15/h3-9H,1-2H3. The van der Waals surface area contributed by atoms with Gasteiger partial charge in [0.2, 0.25) is 0 Å². The van der Waals surface area contributed by atoms with Gasteiger partial charge in [-0.1, -0.05) is 18.2 Å². The Hall–Kier alpha value is -2.48. The van der Waals surface area contributed by atoms with Crippen molar-refractivity contribution in [3.8, 4) is 0 Å². The van der Waals surface area contributed by atoms with Gasteiger partial charge in [0.15, 0.2) is 0 Å². The molecule has 22 heavy (non-hydrogen) atoms.